The normalized spacial score (nSPS) is 11.3. The van der Waals surface area contributed by atoms with Crippen LogP contribution in [0.5, 0.6) is 5.75 Å². The fourth-order valence-electron chi connectivity index (χ4n) is 0.764. The Morgan fingerprint density at radius 1 is 1.50 bits per heavy atom. The number of benzene rings is 1. The van der Waals surface area contributed by atoms with Gasteiger partial charge in [0, 0.05) is 6.07 Å². The van der Waals surface area contributed by atoms with Gasteiger partial charge in [-0.25, -0.2) is 9.18 Å². The second-order valence-electron chi connectivity index (χ2n) is 2.62. The van der Waals surface area contributed by atoms with Crippen LogP contribution in [0.4, 0.5) is 13.2 Å². The van der Waals surface area contributed by atoms with Crippen LogP contribution < -0.4 is 4.74 Å². The molecule has 16 heavy (non-hydrogen) atoms. The number of ether oxygens (including phenoxy) is 1. The first-order chi connectivity index (χ1) is 7.24. The van der Waals surface area contributed by atoms with Crippen LogP contribution in [-0.4, -0.2) is 17.2 Å². The van der Waals surface area contributed by atoms with Crippen molar-refractivity contribution >= 4 is 33.5 Å². The molecule has 0 spiro atoms. The van der Waals surface area contributed by atoms with Gasteiger partial charge in [0.15, 0.2) is 0 Å². The minimum absolute atomic E-state index is 0.0835. The molecule has 0 saturated heterocycles. The topological polar surface area (TPSA) is 46.5 Å². The predicted octanol–water partition coefficient (Wildman–Crippen LogP) is 3.30. The third-order valence-electron chi connectivity index (χ3n) is 1.46. The molecule has 0 fully saturated rings. The van der Waals surface area contributed by atoms with E-state index in [0.717, 1.165) is 6.07 Å². The molecule has 0 atom stereocenters. The van der Waals surface area contributed by atoms with E-state index in [-0.39, 0.29) is 9.50 Å². The van der Waals surface area contributed by atoms with E-state index in [2.05, 4.69) is 20.7 Å². The average molecular weight is 319 g/mol. The first-order valence-corrected chi connectivity index (χ1v) is 4.86. The molecule has 0 aliphatic heterocycles. The van der Waals surface area contributed by atoms with Crippen LogP contribution >= 0.6 is 27.5 Å². The first kappa shape index (κ1) is 13.1. The minimum Gasteiger partial charge on any atom is -0.474 e. The number of hydrogen-bond acceptors (Lipinski definition) is 2. The highest BCUT2D eigenvalue weighted by Crippen LogP contribution is 2.33. The molecule has 0 aliphatic rings. The molecule has 0 aliphatic carbocycles. The van der Waals surface area contributed by atoms with Crippen LogP contribution in [0, 0.1) is 5.82 Å². The summed E-state index contributed by atoms with van der Waals surface area (Å²) in [5.74, 6) is -4.13. The summed E-state index contributed by atoms with van der Waals surface area (Å²) in [5, 5.41) is 7.80. The molecule has 1 N–H and O–H groups in total. The number of hydrogen-bond donors (Lipinski definition) is 1. The first-order valence-electron chi connectivity index (χ1n) is 3.69. The number of carboxylic acids is 1. The van der Waals surface area contributed by atoms with Crippen molar-refractivity contribution in [2.75, 3.05) is 0 Å². The van der Waals surface area contributed by atoms with Crippen LogP contribution in [0.3, 0.4) is 0 Å². The smallest absolute Gasteiger partial charge is 0.474 e. The summed E-state index contributed by atoms with van der Waals surface area (Å²) < 4.78 is 42.0. The Morgan fingerprint density at radius 3 is 2.56 bits per heavy atom. The monoisotopic (exact) mass is 318 g/mol. The summed E-state index contributed by atoms with van der Waals surface area (Å²) in [6, 6.07) is 1.54. The molecule has 3 nitrogen and oxygen atoms in total. The SMILES string of the molecule is O=C(O)C(F)(F)Oc1cc(F)c(Cl)cc1Br. The summed E-state index contributed by atoms with van der Waals surface area (Å²) >= 11 is 8.14. The van der Waals surface area contributed by atoms with Crippen molar-refractivity contribution < 1.29 is 27.8 Å². The Labute approximate surface area is 101 Å². The zero-order valence-electron chi connectivity index (χ0n) is 7.31. The number of alkyl halides is 2. The standard InChI is InChI=1S/C8H3BrClF3O3/c9-3-1-4(10)5(11)2-6(3)16-8(12,13)7(14)15/h1-2H,(H,14,15). The van der Waals surface area contributed by atoms with Crippen molar-refractivity contribution in [1.29, 1.82) is 0 Å². The highest BCUT2D eigenvalue weighted by Gasteiger charge is 2.43. The van der Waals surface area contributed by atoms with Gasteiger partial charge in [-0.3, -0.25) is 0 Å². The van der Waals surface area contributed by atoms with Gasteiger partial charge in [0.2, 0.25) is 0 Å². The van der Waals surface area contributed by atoms with Crippen molar-refractivity contribution in [3.05, 3.63) is 27.4 Å². The van der Waals surface area contributed by atoms with Crippen LogP contribution in [0.2, 0.25) is 5.02 Å². The second kappa shape index (κ2) is 4.50. The van der Waals surface area contributed by atoms with Crippen LogP contribution in [-0.2, 0) is 4.79 Å². The Kier molecular flexibility index (Phi) is 3.69. The molecule has 1 rings (SSSR count). The van der Waals surface area contributed by atoms with E-state index >= 15 is 0 Å². The minimum atomic E-state index is -4.44. The van der Waals surface area contributed by atoms with Gasteiger partial charge < -0.3 is 9.84 Å². The Bertz CT molecular complexity index is 439. The number of halogens is 5. The highest BCUT2D eigenvalue weighted by molar-refractivity contribution is 9.10. The van der Waals surface area contributed by atoms with E-state index in [1.165, 1.54) is 0 Å². The molecule has 88 valence electrons. The molecular formula is C8H3BrClF3O3. The molecule has 0 bridgehead atoms. The molecule has 0 aromatic heterocycles. The van der Waals surface area contributed by atoms with Gasteiger partial charge in [-0.1, -0.05) is 11.6 Å². The maximum Gasteiger partial charge on any atom is 0.501 e. The molecule has 0 radical (unpaired) electrons. The van der Waals surface area contributed by atoms with Crippen LogP contribution in [0.1, 0.15) is 0 Å². The van der Waals surface area contributed by atoms with Gasteiger partial charge in [-0.2, -0.15) is 8.78 Å². The largest absolute Gasteiger partial charge is 0.501 e. The zero-order chi connectivity index (χ0) is 12.5. The average Bonchev–Trinajstić information content (AvgIpc) is 2.13. The number of carbonyl (C=O) groups is 1. The maximum absolute atomic E-state index is 12.9. The molecule has 1 aromatic carbocycles. The van der Waals surface area contributed by atoms with Gasteiger partial charge in [-0.15, -0.1) is 0 Å². The lowest BCUT2D eigenvalue weighted by molar-refractivity contribution is -0.211. The molecule has 0 saturated carbocycles. The van der Waals surface area contributed by atoms with Crippen molar-refractivity contribution in [3.8, 4) is 5.75 Å². The molecule has 0 unspecified atom stereocenters. The Hall–Kier alpha value is -0.950. The number of aliphatic carboxylic acids is 1. The van der Waals surface area contributed by atoms with Crippen molar-refractivity contribution in [1.82, 2.24) is 0 Å². The Balaban J connectivity index is 3.07. The molecule has 1 aromatic rings. The lowest BCUT2D eigenvalue weighted by Gasteiger charge is -2.14. The van der Waals surface area contributed by atoms with Crippen molar-refractivity contribution in [2.24, 2.45) is 0 Å². The Morgan fingerprint density at radius 2 is 2.06 bits per heavy atom. The predicted molar refractivity (Wildman–Crippen MR) is 52.3 cm³/mol. The van der Waals surface area contributed by atoms with Crippen molar-refractivity contribution in [2.45, 2.75) is 6.11 Å². The lowest BCUT2D eigenvalue weighted by atomic mass is 10.3. The van der Waals surface area contributed by atoms with E-state index in [0.29, 0.717) is 6.07 Å². The molecule has 0 heterocycles. The van der Waals surface area contributed by atoms with E-state index in [9.17, 15) is 18.0 Å². The molecular weight excluding hydrogens is 316 g/mol. The summed E-state index contributed by atoms with van der Waals surface area (Å²) in [6.45, 7) is 0. The third kappa shape index (κ3) is 2.79. The molecule has 8 heteroatoms. The number of rotatable bonds is 3. The van der Waals surface area contributed by atoms with Crippen molar-refractivity contribution in [3.63, 3.8) is 0 Å². The van der Waals surface area contributed by atoms with Crippen LogP contribution in [0.25, 0.3) is 0 Å². The van der Waals surface area contributed by atoms with E-state index in [4.69, 9.17) is 16.7 Å². The molecule has 0 amide bonds. The fraction of sp³-hybridized carbons (Fsp3) is 0.125. The lowest BCUT2D eigenvalue weighted by Crippen LogP contribution is -2.34. The third-order valence-corrected chi connectivity index (χ3v) is 2.37. The second-order valence-corrected chi connectivity index (χ2v) is 3.88. The van der Waals surface area contributed by atoms with E-state index < -0.39 is 23.6 Å². The van der Waals surface area contributed by atoms with Gasteiger partial charge in [0.1, 0.15) is 11.6 Å². The summed E-state index contributed by atoms with van der Waals surface area (Å²) in [7, 11) is 0. The highest BCUT2D eigenvalue weighted by atomic mass is 79.9. The summed E-state index contributed by atoms with van der Waals surface area (Å²) in [6.07, 6.45) is -4.44. The van der Waals surface area contributed by atoms with Gasteiger partial charge in [-0.05, 0) is 22.0 Å². The van der Waals surface area contributed by atoms with Gasteiger partial charge in [0.25, 0.3) is 0 Å². The van der Waals surface area contributed by atoms with Crippen LogP contribution in [0.15, 0.2) is 16.6 Å². The summed E-state index contributed by atoms with van der Waals surface area (Å²) in [5.41, 5.74) is 0. The number of carboxylic acid groups (broad SMARTS) is 1. The van der Waals surface area contributed by atoms with E-state index in [1.54, 1.807) is 0 Å². The summed E-state index contributed by atoms with van der Waals surface area (Å²) in [4.78, 5) is 10.1. The maximum atomic E-state index is 12.9. The van der Waals surface area contributed by atoms with E-state index in [1.807, 2.05) is 0 Å². The quantitative estimate of drug-likeness (QED) is 0.870. The van der Waals surface area contributed by atoms with Gasteiger partial charge in [0.05, 0.1) is 9.50 Å². The zero-order valence-corrected chi connectivity index (χ0v) is 9.65. The fourth-order valence-corrected chi connectivity index (χ4v) is 1.48. The van der Waals surface area contributed by atoms with Gasteiger partial charge >= 0.3 is 12.1 Å².